The molecule has 2 heterocycles. The Morgan fingerprint density at radius 2 is 1.96 bits per heavy atom. The average molecular weight is 376 g/mol. The minimum absolute atomic E-state index is 0.000674. The van der Waals surface area contributed by atoms with E-state index in [0.717, 1.165) is 25.7 Å². The fourth-order valence-electron chi connectivity index (χ4n) is 4.16. The minimum Gasteiger partial charge on any atom is -0.351 e. The third-order valence-electron chi connectivity index (χ3n) is 5.65. The highest BCUT2D eigenvalue weighted by Gasteiger charge is 2.43. The first-order chi connectivity index (χ1) is 13.0. The molecule has 0 spiro atoms. The summed E-state index contributed by atoms with van der Waals surface area (Å²) >= 11 is 0. The maximum absolute atomic E-state index is 13.0. The van der Waals surface area contributed by atoms with Crippen molar-refractivity contribution in [1.82, 2.24) is 20.3 Å². The molecule has 2 fully saturated rings. The highest BCUT2D eigenvalue weighted by molar-refractivity contribution is 5.92. The predicted molar refractivity (Wildman–Crippen MR) is 97.8 cm³/mol. The summed E-state index contributed by atoms with van der Waals surface area (Å²) < 4.78 is 4.89. The van der Waals surface area contributed by atoms with Crippen LogP contribution in [0.1, 0.15) is 56.5 Å². The van der Waals surface area contributed by atoms with Crippen molar-refractivity contribution in [2.75, 3.05) is 19.6 Å². The van der Waals surface area contributed by atoms with Gasteiger partial charge in [-0.2, -0.15) is 0 Å². The number of hydrogen-bond acceptors (Lipinski definition) is 5. The maximum Gasteiger partial charge on any atom is 0.290 e. The molecule has 2 aliphatic rings. The summed E-state index contributed by atoms with van der Waals surface area (Å²) in [5, 5.41) is 6.42. The van der Waals surface area contributed by atoms with Gasteiger partial charge in [-0.1, -0.05) is 18.0 Å². The van der Waals surface area contributed by atoms with Crippen LogP contribution < -0.4 is 5.32 Å². The van der Waals surface area contributed by atoms with Crippen molar-refractivity contribution in [3.05, 3.63) is 18.0 Å². The normalized spacial score (nSPS) is 22.8. The number of likely N-dealkylation sites (N-methyl/N-ethyl adjacent to an activating group) is 1. The van der Waals surface area contributed by atoms with Crippen LogP contribution in [0.5, 0.6) is 0 Å². The fourth-order valence-corrected chi connectivity index (χ4v) is 4.16. The maximum atomic E-state index is 13.0. The fraction of sp³-hybridized carbons (Fsp3) is 0.684. The molecule has 8 heteroatoms. The number of hydrogen-bond donors (Lipinski definition) is 1. The van der Waals surface area contributed by atoms with Crippen molar-refractivity contribution in [2.45, 2.75) is 58.0 Å². The summed E-state index contributed by atoms with van der Waals surface area (Å²) in [6.07, 6.45) is 5.72. The van der Waals surface area contributed by atoms with Crippen molar-refractivity contribution in [1.29, 1.82) is 0 Å². The number of carbonyl (C=O) groups is 3. The summed E-state index contributed by atoms with van der Waals surface area (Å²) in [6, 6.07) is 0.695. The van der Waals surface area contributed by atoms with Gasteiger partial charge in [-0.25, -0.2) is 0 Å². The number of aromatic nitrogens is 1. The largest absolute Gasteiger partial charge is 0.351 e. The number of nitrogens with zero attached hydrogens (tertiary/aromatic N) is 3. The summed E-state index contributed by atoms with van der Waals surface area (Å²) in [6.45, 7) is 5.43. The van der Waals surface area contributed by atoms with Crippen LogP contribution in [0.4, 0.5) is 0 Å². The van der Waals surface area contributed by atoms with Gasteiger partial charge in [-0.05, 0) is 33.1 Å². The quantitative estimate of drug-likeness (QED) is 0.810. The first-order valence-corrected chi connectivity index (χ1v) is 9.85. The Hall–Kier alpha value is -2.38. The SMILES string of the molecule is CCN(CC)C(=O)[C@@H]1C[C@@H](NC(=O)c2ccno2)CN1C(=O)C1CCCC1. The Labute approximate surface area is 159 Å². The lowest BCUT2D eigenvalue weighted by molar-refractivity contribution is -0.145. The van der Waals surface area contributed by atoms with Crippen molar-refractivity contribution in [2.24, 2.45) is 5.92 Å². The van der Waals surface area contributed by atoms with Crippen LogP contribution in [0.3, 0.4) is 0 Å². The zero-order valence-corrected chi connectivity index (χ0v) is 16.0. The van der Waals surface area contributed by atoms with Crippen LogP contribution >= 0.6 is 0 Å². The molecule has 0 radical (unpaired) electrons. The van der Waals surface area contributed by atoms with E-state index in [1.807, 2.05) is 13.8 Å². The number of nitrogens with one attached hydrogen (secondary N) is 1. The van der Waals surface area contributed by atoms with Crippen molar-refractivity contribution in [3.8, 4) is 0 Å². The Morgan fingerprint density at radius 1 is 1.26 bits per heavy atom. The number of rotatable bonds is 6. The van der Waals surface area contributed by atoms with Crippen molar-refractivity contribution < 1.29 is 18.9 Å². The van der Waals surface area contributed by atoms with E-state index < -0.39 is 6.04 Å². The van der Waals surface area contributed by atoms with E-state index in [4.69, 9.17) is 4.52 Å². The average Bonchev–Trinajstić information content (AvgIpc) is 3.42. The molecule has 1 aliphatic heterocycles. The Kier molecular flexibility index (Phi) is 6.13. The third-order valence-corrected chi connectivity index (χ3v) is 5.65. The zero-order valence-electron chi connectivity index (χ0n) is 16.0. The molecule has 0 unspecified atom stereocenters. The van der Waals surface area contributed by atoms with E-state index in [9.17, 15) is 14.4 Å². The van der Waals surface area contributed by atoms with Gasteiger partial charge in [0.2, 0.25) is 17.6 Å². The van der Waals surface area contributed by atoms with Gasteiger partial charge in [0.1, 0.15) is 6.04 Å². The molecule has 3 amide bonds. The van der Waals surface area contributed by atoms with Crippen LogP contribution in [-0.2, 0) is 9.59 Å². The number of carbonyl (C=O) groups excluding carboxylic acids is 3. The topological polar surface area (TPSA) is 95.8 Å². The molecule has 1 aromatic rings. The summed E-state index contributed by atoms with van der Waals surface area (Å²) in [4.78, 5) is 41.7. The first-order valence-electron chi connectivity index (χ1n) is 9.85. The zero-order chi connectivity index (χ0) is 19.4. The molecule has 1 aliphatic carbocycles. The van der Waals surface area contributed by atoms with Gasteiger partial charge in [0, 0.05) is 37.7 Å². The minimum atomic E-state index is -0.516. The Bertz CT molecular complexity index is 643. The molecule has 148 valence electrons. The van der Waals surface area contributed by atoms with Gasteiger partial charge in [-0.15, -0.1) is 0 Å². The number of amides is 3. The standard InChI is InChI=1S/C19H28N4O4/c1-3-22(4-2)19(26)15-11-14(21-17(24)16-9-10-20-27-16)12-23(15)18(25)13-7-5-6-8-13/h9-10,13-15H,3-8,11-12H2,1-2H3,(H,21,24)/t14-,15+/m1/s1. The molecule has 0 bridgehead atoms. The van der Waals surface area contributed by atoms with Gasteiger partial charge in [0.05, 0.1) is 6.20 Å². The second-order valence-electron chi connectivity index (χ2n) is 7.28. The van der Waals surface area contributed by atoms with E-state index in [1.54, 1.807) is 9.80 Å². The molecule has 1 saturated heterocycles. The van der Waals surface area contributed by atoms with Gasteiger partial charge in [0.25, 0.3) is 5.91 Å². The van der Waals surface area contributed by atoms with E-state index in [2.05, 4.69) is 10.5 Å². The third kappa shape index (κ3) is 4.14. The van der Waals surface area contributed by atoms with Crippen LogP contribution in [0, 0.1) is 5.92 Å². The summed E-state index contributed by atoms with van der Waals surface area (Å²) in [7, 11) is 0. The lowest BCUT2D eigenvalue weighted by Gasteiger charge is -2.30. The van der Waals surface area contributed by atoms with E-state index in [0.29, 0.717) is 26.1 Å². The molecule has 3 rings (SSSR count). The van der Waals surface area contributed by atoms with Gasteiger partial charge >= 0.3 is 0 Å². The molecular formula is C19H28N4O4. The number of likely N-dealkylation sites (tertiary alicyclic amines) is 1. The molecule has 2 atom stereocenters. The van der Waals surface area contributed by atoms with E-state index in [-0.39, 0.29) is 35.4 Å². The Balaban J connectivity index is 1.74. The summed E-state index contributed by atoms with van der Waals surface area (Å²) in [5.41, 5.74) is 0. The van der Waals surface area contributed by atoms with E-state index in [1.165, 1.54) is 12.3 Å². The van der Waals surface area contributed by atoms with Crippen molar-refractivity contribution in [3.63, 3.8) is 0 Å². The smallest absolute Gasteiger partial charge is 0.290 e. The monoisotopic (exact) mass is 376 g/mol. The van der Waals surface area contributed by atoms with Gasteiger partial charge in [0.15, 0.2) is 0 Å². The Morgan fingerprint density at radius 3 is 2.56 bits per heavy atom. The van der Waals surface area contributed by atoms with Gasteiger partial charge in [-0.3, -0.25) is 14.4 Å². The van der Waals surface area contributed by atoms with Crippen LogP contribution in [0.25, 0.3) is 0 Å². The molecule has 1 saturated carbocycles. The van der Waals surface area contributed by atoms with Crippen LogP contribution in [0.15, 0.2) is 16.8 Å². The van der Waals surface area contributed by atoms with Gasteiger partial charge < -0.3 is 19.6 Å². The second kappa shape index (κ2) is 8.54. The molecule has 1 aromatic heterocycles. The second-order valence-corrected chi connectivity index (χ2v) is 7.28. The molecular weight excluding hydrogens is 348 g/mol. The molecule has 8 nitrogen and oxygen atoms in total. The van der Waals surface area contributed by atoms with Crippen LogP contribution in [0.2, 0.25) is 0 Å². The highest BCUT2D eigenvalue weighted by atomic mass is 16.5. The molecule has 1 N–H and O–H groups in total. The summed E-state index contributed by atoms with van der Waals surface area (Å²) in [5.74, 6) is -0.234. The highest BCUT2D eigenvalue weighted by Crippen LogP contribution is 2.30. The lowest BCUT2D eigenvalue weighted by atomic mass is 10.1. The van der Waals surface area contributed by atoms with E-state index >= 15 is 0 Å². The van der Waals surface area contributed by atoms with Crippen molar-refractivity contribution >= 4 is 17.7 Å². The lowest BCUT2D eigenvalue weighted by Crippen LogP contribution is -2.49. The van der Waals surface area contributed by atoms with Crippen LogP contribution in [-0.4, -0.2) is 64.4 Å². The molecule has 27 heavy (non-hydrogen) atoms. The molecule has 0 aromatic carbocycles. The first kappa shape index (κ1) is 19.4. The predicted octanol–water partition coefficient (Wildman–Crippen LogP) is 1.43.